The van der Waals surface area contributed by atoms with Gasteiger partial charge in [0.1, 0.15) is 0 Å². The van der Waals surface area contributed by atoms with Gasteiger partial charge in [0.05, 0.1) is 0 Å². The van der Waals surface area contributed by atoms with E-state index in [1.807, 2.05) is 6.08 Å². The van der Waals surface area contributed by atoms with Gasteiger partial charge in [-0.05, 0) is 18.9 Å². The molecule has 0 aliphatic heterocycles. The van der Waals surface area contributed by atoms with Crippen LogP contribution in [-0.4, -0.2) is 0 Å². The molecular weight excluding hydrogens is 96.1 g/mol. The highest BCUT2D eigenvalue weighted by molar-refractivity contribution is 5.23. The minimum absolute atomic E-state index is 0.875. The summed E-state index contributed by atoms with van der Waals surface area (Å²) in [7, 11) is 0. The number of allylic oxidation sites excluding steroid dienone is 4. The van der Waals surface area contributed by atoms with E-state index < -0.39 is 0 Å². The Labute approximate surface area is 50.9 Å². The Morgan fingerprint density at radius 1 is 1.75 bits per heavy atom. The van der Waals surface area contributed by atoms with Crippen LogP contribution in [0.2, 0.25) is 0 Å². The summed E-state index contributed by atoms with van der Waals surface area (Å²) in [6.45, 7) is 2.14. The van der Waals surface area contributed by atoms with Crippen LogP contribution in [0, 0.1) is 12.5 Å². The average Bonchev–Trinajstić information content (AvgIpc) is 1.90. The fraction of sp³-hybridized carbons (Fsp3) is 0.375. The summed E-state index contributed by atoms with van der Waals surface area (Å²) in [6, 6.07) is 0. The normalized spacial score (nSPS) is 18.4. The fourth-order valence-electron chi connectivity index (χ4n) is 0.685. The highest BCUT2D eigenvalue weighted by Gasteiger charge is 1.95. The lowest BCUT2D eigenvalue weighted by molar-refractivity contribution is 1.04. The van der Waals surface area contributed by atoms with E-state index in [-0.39, 0.29) is 0 Å². The molecule has 1 aliphatic rings. The molecule has 0 aromatic rings. The van der Waals surface area contributed by atoms with Crippen molar-refractivity contribution in [2.24, 2.45) is 0 Å². The molecule has 0 saturated carbocycles. The highest BCUT2D eigenvalue weighted by atomic mass is 14.0. The van der Waals surface area contributed by atoms with Crippen LogP contribution in [-0.2, 0) is 0 Å². The molecule has 0 heteroatoms. The predicted molar refractivity (Wildman–Crippen MR) is 34.0 cm³/mol. The largest absolute Gasteiger partial charge is 0.0622 e. The van der Waals surface area contributed by atoms with Gasteiger partial charge in [-0.3, -0.25) is 0 Å². The van der Waals surface area contributed by atoms with E-state index in [9.17, 15) is 0 Å². The molecule has 0 atom stereocenters. The van der Waals surface area contributed by atoms with E-state index in [0.29, 0.717) is 0 Å². The van der Waals surface area contributed by atoms with Crippen molar-refractivity contribution in [3.63, 3.8) is 0 Å². The second-order valence-corrected chi connectivity index (χ2v) is 1.77. The average molecular weight is 105 g/mol. The van der Waals surface area contributed by atoms with Crippen molar-refractivity contribution in [1.29, 1.82) is 0 Å². The molecule has 1 rings (SSSR count). The summed E-state index contributed by atoms with van der Waals surface area (Å²) in [5.74, 6) is 0. The van der Waals surface area contributed by atoms with Crippen molar-refractivity contribution >= 4 is 0 Å². The van der Waals surface area contributed by atoms with Gasteiger partial charge in [0.25, 0.3) is 0 Å². The number of hydrogen-bond donors (Lipinski definition) is 0. The van der Waals surface area contributed by atoms with Crippen LogP contribution in [0.25, 0.3) is 0 Å². The van der Waals surface area contributed by atoms with Crippen LogP contribution in [0.15, 0.2) is 17.7 Å². The van der Waals surface area contributed by atoms with Gasteiger partial charge in [-0.1, -0.05) is 24.6 Å². The molecular formula is C8H9. The molecule has 0 saturated heterocycles. The van der Waals surface area contributed by atoms with Gasteiger partial charge in [0.15, 0.2) is 0 Å². The Balaban J connectivity index is 2.50. The van der Waals surface area contributed by atoms with Gasteiger partial charge in [-0.2, -0.15) is 0 Å². The van der Waals surface area contributed by atoms with E-state index in [2.05, 4.69) is 25.5 Å². The first-order chi connectivity index (χ1) is 3.93. The van der Waals surface area contributed by atoms with Crippen molar-refractivity contribution in [3.05, 3.63) is 30.2 Å². The molecule has 0 bridgehead atoms. The molecule has 0 aromatic heterocycles. The van der Waals surface area contributed by atoms with E-state index in [4.69, 9.17) is 0 Å². The van der Waals surface area contributed by atoms with Gasteiger partial charge < -0.3 is 0 Å². The standard InChI is InChI=1S/C8H9/c1-2-8-6-4-3-5-7-8/h4,6H,2,5H2,1H3. The lowest BCUT2D eigenvalue weighted by Gasteiger charge is -2.01. The summed E-state index contributed by atoms with van der Waals surface area (Å²) in [5, 5.41) is 0. The van der Waals surface area contributed by atoms with Gasteiger partial charge in [0.2, 0.25) is 0 Å². The predicted octanol–water partition coefficient (Wildman–Crippen LogP) is 2.17. The molecule has 41 valence electrons. The smallest absolute Gasteiger partial charge is 0.0167 e. The van der Waals surface area contributed by atoms with Crippen molar-refractivity contribution < 1.29 is 0 Å². The molecule has 8 heavy (non-hydrogen) atoms. The van der Waals surface area contributed by atoms with Crippen LogP contribution in [0.5, 0.6) is 0 Å². The molecule has 0 N–H and O–H groups in total. The van der Waals surface area contributed by atoms with E-state index in [0.717, 1.165) is 12.8 Å². The van der Waals surface area contributed by atoms with Crippen LogP contribution < -0.4 is 0 Å². The Kier molecular flexibility index (Phi) is 1.90. The molecule has 0 unspecified atom stereocenters. The van der Waals surface area contributed by atoms with Crippen LogP contribution >= 0.6 is 0 Å². The Bertz CT molecular complexity index is 118. The first kappa shape index (κ1) is 5.61. The van der Waals surface area contributed by atoms with Crippen LogP contribution in [0.4, 0.5) is 0 Å². The molecule has 0 spiro atoms. The summed E-state index contributed by atoms with van der Waals surface area (Å²) < 4.78 is 0. The maximum atomic E-state index is 3.19. The first-order valence-electron chi connectivity index (χ1n) is 2.93. The fourth-order valence-corrected chi connectivity index (χ4v) is 0.685. The zero-order valence-corrected chi connectivity index (χ0v) is 5.07. The monoisotopic (exact) mass is 105 g/mol. The molecule has 3 radical (unpaired) electrons. The van der Waals surface area contributed by atoms with Crippen LogP contribution in [0.3, 0.4) is 0 Å². The van der Waals surface area contributed by atoms with E-state index in [1.54, 1.807) is 0 Å². The second-order valence-electron chi connectivity index (χ2n) is 1.77. The summed E-state index contributed by atoms with van der Waals surface area (Å²) in [4.78, 5) is 0. The minimum Gasteiger partial charge on any atom is -0.0622 e. The van der Waals surface area contributed by atoms with Crippen molar-refractivity contribution in [3.8, 4) is 0 Å². The third-order valence-electron chi connectivity index (χ3n) is 1.20. The lowest BCUT2D eigenvalue weighted by Crippen LogP contribution is -1.85. The molecule has 0 amide bonds. The van der Waals surface area contributed by atoms with Gasteiger partial charge >= 0.3 is 0 Å². The third-order valence-corrected chi connectivity index (χ3v) is 1.20. The maximum Gasteiger partial charge on any atom is 0.0167 e. The Hall–Kier alpha value is -0.520. The molecule has 0 fully saturated rings. The minimum atomic E-state index is 0.875. The van der Waals surface area contributed by atoms with Crippen molar-refractivity contribution in [2.45, 2.75) is 19.8 Å². The zero-order valence-electron chi connectivity index (χ0n) is 5.07. The van der Waals surface area contributed by atoms with E-state index in [1.165, 1.54) is 5.57 Å². The molecule has 0 nitrogen and oxygen atoms in total. The summed E-state index contributed by atoms with van der Waals surface area (Å²) in [5.41, 5.74) is 1.31. The lowest BCUT2D eigenvalue weighted by atomic mass is 10.0. The number of rotatable bonds is 1. The SMILES string of the molecule is CCC1=CC=[C]C[C]1. The quantitative estimate of drug-likeness (QED) is 0.479. The third kappa shape index (κ3) is 1.22. The number of hydrogen-bond acceptors (Lipinski definition) is 0. The second kappa shape index (κ2) is 2.71. The van der Waals surface area contributed by atoms with Gasteiger partial charge in [-0.25, -0.2) is 0 Å². The van der Waals surface area contributed by atoms with Gasteiger partial charge in [-0.15, -0.1) is 0 Å². The van der Waals surface area contributed by atoms with Gasteiger partial charge in [0, 0.05) is 6.42 Å². The topological polar surface area (TPSA) is 0 Å². The van der Waals surface area contributed by atoms with Crippen LogP contribution in [0.1, 0.15) is 19.8 Å². The molecule has 1 aliphatic carbocycles. The first-order valence-corrected chi connectivity index (χ1v) is 2.93. The zero-order chi connectivity index (χ0) is 5.82. The Morgan fingerprint density at radius 2 is 2.62 bits per heavy atom. The van der Waals surface area contributed by atoms with Crippen molar-refractivity contribution in [2.75, 3.05) is 0 Å². The summed E-state index contributed by atoms with van der Waals surface area (Å²) >= 11 is 0. The maximum absolute atomic E-state index is 3.19. The highest BCUT2D eigenvalue weighted by Crippen LogP contribution is 2.11. The van der Waals surface area contributed by atoms with Crippen molar-refractivity contribution in [1.82, 2.24) is 0 Å². The van der Waals surface area contributed by atoms with E-state index >= 15 is 0 Å². The molecule has 0 heterocycles. The summed E-state index contributed by atoms with van der Waals surface area (Å²) in [6.07, 6.45) is 12.2. The molecule has 0 aromatic carbocycles. The Morgan fingerprint density at radius 3 is 3.00 bits per heavy atom.